The number of hydrogen-bond acceptors (Lipinski definition) is 2. The molecule has 1 atom stereocenters. The molecule has 1 heterocycles. The van der Waals surface area contributed by atoms with E-state index in [2.05, 4.69) is 39.4 Å². The SMILES string of the molecule is COc1cc2c(cc1Br)NC(c1ccccc1Cl)CC2. The van der Waals surface area contributed by atoms with Gasteiger partial charge in [-0.3, -0.25) is 0 Å². The Kier molecular flexibility index (Phi) is 3.90. The molecule has 1 aliphatic rings. The molecule has 104 valence electrons. The molecule has 2 aromatic carbocycles. The molecule has 1 aliphatic heterocycles. The van der Waals surface area contributed by atoms with Crippen molar-refractivity contribution in [3.63, 3.8) is 0 Å². The van der Waals surface area contributed by atoms with Gasteiger partial charge in [0.1, 0.15) is 5.75 Å². The molecule has 0 saturated heterocycles. The Morgan fingerprint density at radius 1 is 1.30 bits per heavy atom. The molecule has 0 spiro atoms. The average Bonchev–Trinajstić information content (AvgIpc) is 2.46. The van der Waals surface area contributed by atoms with Crippen LogP contribution in [0.1, 0.15) is 23.6 Å². The maximum atomic E-state index is 6.29. The van der Waals surface area contributed by atoms with Crippen LogP contribution in [0.4, 0.5) is 5.69 Å². The van der Waals surface area contributed by atoms with Crippen LogP contribution < -0.4 is 10.1 Å². The lowest BCUT2D eigenvalue weighted by Gasteiger charge is -2.28. The van der Waals surface area contributed by atoms with Crippen LogP contribution in [0.15, 0.2) is 40.9 Å². The van der Waals surface area contributed by atoms with Gasteiger partial charge >= 0.3 is 0 Å². The van der Waals surface area contributed by atoms with Gasteiger partial charge in [0.15, 0.2) is 0 Å². The van der Waals surface area contributed by atoms with Crippen LogP contribution >= 0.6 is 27.5 Å². The molecule has 4 heteroatoms. The summed E-state index contributed by atoms with van der Waals surface area (Å²) in [5.41, 5.74) is 3.59. The zero-order valence-corrected chi connectivity index (χ0v) is 13.5. The van der Waals surface area contributed by atoms with E-state index in [4.69, 9.17) is 16.3 Å². The molecule has 20 heavy (non-hydrogen) atoms. The van der Waals surface area contributed by atoms with Gasteiger partial charge in [-0.2, -0.15) is 0 Å². The first-order valence-corrected chi connectivity index (χ1v) is 7.73. The summed E-state index contributed by atoms with van der Waals surface area (Å²) in [4.78, 5) is 0. The molecule has 0 saturated carbocycles. The molecule has 1 unspecified atom stereocenters. The van der Waals surface area contributed by atoms with Crippen molar-refractivity contribution in [2.75, 3.05) is 12.4 Å². The second-order valence-corrected chi connectivity index (χ2v) is 6.16. The van der Waals surface area contributed by atoms with E-state index in [-0.39, 0.29) is 6.04 Å². The minimum atomic E-state index is 0.261. The minimum Gasteiger partial charge on any atom is -0.496 e. The Bertz CT molecular complexity index is 644. The smallest absolute Gasteiger partial charge is 0.133 e. The number of nitrogens with one attached hydrogen (secondary N) is 1. The molecule has 0 fully saturated rings. The average molecular weight is 353 g/mol. The van der Waals surface area contributed by atoms with E-state index in [9.17, 15) is 0 Å². The topological polar surface area (TPSA) is 21.3 Å². The minimum absolute atomic E-state index is 0.261. The Morgan fingerprint density at radius 2 is 2.10 bits per heavy atom. The molecule has 2 nitrogen and oxygen atoms in total. The summed E-state index contributed by atoms with van der Waals surface area (Å²) in [7, 11) is 1.69. The van der Waals surface area contributed by atoms with Crippen molar-refractivity contribution in [3.8, 4) is 5.75 Å². The van der Waals surface area contributed by atoms with Gasteiger partial charge in [0.25, 0.3) is 0 Å². The number of aryl methyl sites for hydroxylation is 1. The standard InChI is InChI=1S/C16H15BrClNO/c1-20-16-8-10-6-7-14(19-15(10)9-12(16)17)11-4-2-3-5-13(11)18/h2-5,8-9,14,19H,6-7H2,1H3. The van der Waals surface area contributed by atoms with Gasteiger partial charge in [0.05, 0.1) is 17.6 Å². The number of methoxy groups -OCH3 is 1. The highest BCUT2D eigenvalue weighted by atomic mass is 79.9. The Morgan fingerprint density at radius 3 is 2.85 bits per heavy atom. The highest BCUT2D eigenvalue weighted by molar-refractivity contribution is 9.10. The Labute approximate surface area is 132 Å². The second-order valence-electron chi connectivity index (χ2n) is 4.90. The lowest BCUT2D eigenvalue weighted by atomic mass is 9.93. The van der Waals surface area contributed by atoms with E-state index >= 15 is 0 Å². The van der Waals surface area contributed by atoms with Crippen LogP contribution in [0.5, 0.6) is 5.75 Å². The predicted octanol–water partition coefficient (Wildman–Crippen LogP) is 5.21. The maximum Gasteiger partial charge on any atom is 0.133 e. The van der Waals surface area contributed by atoms with E-state index in [1.54, 1.807) is 7.11 Å². The lowest BCUT2D eigenvalue weighted by molar-refractivity contribution is 0.411. The van der Waals surface area contributed by atoms with Gasteiger partial charge in [-0.15, -0.1) is 0 Å². The van der Waals surface area contributed by atoms with Crippen molar-refractivity contribution in [2.24, 2.45) is 0 Å². The lowest BCUT2D eigenvalue weighted by Crippen LogP contribution is -2.18. The normalized spacial score (nSPS) is 17.2. The van der Waals surface area contributed by atoms with Gasteiger partial charge < -0.3 is 10.1 Å². The fourth-order valence-electron chi connectivity index (χ4n) is 2.64. The molecule has 0 aromatic heterocycles. The van der Waals surface area contributed by atoms with Gasteiger partial charge in [-0.1, -0.05) is 29.8 Å². The van der Waals surface area contributed by atoms with E-state index < -0.39 is 0 Å². The third kappa shape index (κ3) is 2.52. The molecule has 0 amide bonds. The number of hydrogen-bond donors (Lipinski definition) is 1. The molecule has 1 N–H and O–H groups in total. The van der Waals surface area contributed by atoms with Crippen LogP contribution in [0, 0.1) is 0 Å². The summed E-state index contributed by atoms with van der Waals surface area (Å²) in [5, 5.41) is 4.40. The summed E-state index contributed by atoms with van der Waals surface area (Å²) in [5.74, 6) is 0.877. The second kappa shape index (κ2) is 5.66. The van der Waals surface area contributed by atoms with Gasteiger partial charge in [0, 0.05) is 10.7 Å². The molecule has 3 rings (SSSR count). The first-order chi connectivity index (χ1) is 9.69. The van der Waals surface area contributed by atoms with Crippen molar-refractivity contribution in [1.82, 2.24) is 0 Å². The molecule has 0 aliphatic carbocycles. The number of benzene rings is 2. The molecular formula is C16H15BrClNO. The number of rotatable bonds is 2. The predicted molar refractivity (Wildman–Crippen MR) is 86.8 cm³/mol. The molecule has 0 radical (unpaired) electrons. The van der Waals surface area contributed by atoms with E-state index in [0.29, 0.717) is 0 Å². The summed E-state index contributed by atoms with van der Waals surface area (Å²) in [6.07, 6.45) is 2.05. The van der Waals surface area contributed by atoms with Crippen molar-refractivity contribution in [1.29, 1.82) is 0 Å². The van der Waals surface area contributed by atoms with E-state index in [1.807, 2.05) is 18.2 Å². The van der Waals surface area contributed by atoms with Crippen molar-refractivity contribution in [2.45, 2.75) is 18.9 Å². The summed E-state index contributed by atoms with van der Waals surface area (Å²) in [6, 6.07) is 12.5. The first kappa shape index (κ1) is 13.8. The highest BCUT2D eigenvalue weighted by Crippen LogP contribution is 2.39. The van der Waals surface area contributed by atoms with Crippen molar-refractivity contribution in [3.05, 3.63) is 57.0 Å². The summed E-state index contributed by atoms with van der Waals surface area (Å²) < 4.78 is 6.31. The zero-order chi connectivity index (χ0) is 14.1. The fourth-order valence-corrected chi connectivity index (χ4v) is 3.42. The monoisotopic (exact) mass is 351 g/mol. The van der Waals surface area contributed by atoms with Crippen LogP contribution in [-0.4, -0.2) is 7.11 Å². The quantitative estimate of drug-likeness (QED) is 0.801. The van der Waals surface area contributed by atoms with Crippen LogP contribution in [-0.2, 0) is 6.42 Å². The Balaban J connectivity index is 1.93. The van der Waals surface area contributed by atoms with E-state index in [1.165, 1.54) is 5.56 Å². The van der Waals surface area contributed by atoms with Crippen LogP contribution in [0.2, 0.25) is 5.02 Å². The summed E-state index contributed by atoms with van der Waals surface area (Å²) >= 11 is 9.83. The third-order valence-electron chi connectivity index (χ3n) is 3.69. The Hall–Kier alpha value is -1.19. The molecular weight excluding hydrogens is 338 g/mol. The largest absolute Gasteiger partial charge is 0.496 e. The maximum absolute atomic E-state index is 6.29. The van der Waals surface area contributed by atoms with Gasteiger partial charge in [0.2, 0.25) is 0 Å². The molecule has 2 aromatic rings. The number of halogens is 2. The third-order valence-corrected chi connectivity index (χ3v) is 4.65. The van der Waals surface area contributed by atoms with Crippen molar-refractivity contribution >= 4 is 33.2 Å². The van der Waals surface area contributed by atoms with Gasteiger partial charge in [-0.25, -0.2) is 0 Å². The molecule has 0 bridgehead atoms. The highest BCUT2D eigenvalue weighted by Gasteiger charge is 2.22. The van der Waals surface area contributed by atoms with E-state index in [0.717, 1.165) is 39.3 Å². The first-order valence-electron chi connectivity index (χ1n) is 6.56. The fraction of sp³-hybridized carbons (Fsp3) is 0.250. The van der Waals surface area contributed by atoms with Crippen LogP contribution in [0.3, 0.4) is 0 Å². The van der Waals surface area contributed by atoms with Crippen LogP contribution in [0.25, 0.3) is 0 Å². The zero-order valence-electron chi connectivity index (χ0n) is 11.1. The van der Waals surface area contributed by atoms with Crippen molar-refractivity contribution < 1.29 is 4.74 Å². The van der Waals surface area contributed by atoms with Gasteiger partial charge in [-0.05, 0) is 58.1 Å². The number of anilines is 1. The number of ether oxygens (including phenoxy) is 1. The number of fused-ring (bicyclic) bond motifs is 1. The summed E-state index contributed by atoms with van der Waals surface area (Å²) in [6.45, 7) is 0.